The van der Waals surface area contributed by atoms with Crippen molar-refractivity contribution in [2.24, 2.45) is 0 Å². The Labute approximate surface area is 177 Å². The number of nitrogens with one attached hydrogen (secondary N) is 1. The van der Waals surface area contributed by atoms with Gasteiger partial charge in [-0.3, -0.25) is 0 Å². The van der Waals surface area contributed by atoms with E-state index in [1.54, 1.807) is 12.1 Å². The molecule has 154 valence electrons. The second-order valence-electron chi connectivity index (χ2n) is 7.03. The number of aromatic nitrogens is 2. The molecule has 0 saturated heterocycles. The van der Waals surface area contributed by atoms with Gasteiger partial charge in [0.2, 0.25) is 0 Å². The number of rotatable bonds is 6. The van der Waals surface area contributed by atoms with Gasteiger partial charge in [0, 0.05) is 18.1 Å². The van der Waals surface area contributed by atoms with Crippen LogP contribution in [0.2, 0.25) is 5.02 Å². The Hall–Kier alpha value is -2.83. The average Bonchev–Trinajstić information content (AvgIpc) is 3.05. The molecule has 0 aliphatic rings. The highest BCUT2D eigenvalue weighted by molar-refractivity contribution is 6.31. The molecule has 4 rings (SSSR count). The molecule has 0 fully saturated rings. The van der Waals surface area contributed by atoms with E-state index in [4.69, 9.17) is 16.6 Å². The van der Waals surface area contributed by atoms with Gasteiger partial charge in [-0.25, -0.2) is 4.98 Å². The van der Waals surface area contributed by atoms with Gasteiger partial charge < -0.3 is 9.88 Å². The second kappa shape index (κ2) is 8.50. The monoisotopic (exact) mass is 429 g/mol. The maximum atomic E-state index is 12.9. The number of hydrogen-bond donors (Lipinski definition) is 1. The molecule has 3 nitrogen and oxygen atoms in total. The lowest BCUT2D eigenvalue weighted by molar-refractivity contribution is -0.137. The highest BCUT2D eigenvalue weighted by Gasteiger charge is 2.30. The van der Waals surface area contributed by atoms with Crippen LogP contribution in [0.25, 0.3) is 11.0 Å². The standard InChI is InChI=1S/C23H19ClF3N3/c24-19-9-10-20-21(12-19)30(15-16-5-2-1-3-6-16)22(29-20)14-28-13-17-7-4-8-18(11-17)23(25,26)27/h1-12,28H,13-15H2. The van der Waals surface area contributed by atoms with E-state index in [1.165, 1.54) is 12.1 Å². The lowest BCUT2D eigenvalue weighted by Gasteiger charge is -2.12. The molecule has 0 saturated carbocycles. The molecule has 3 aromatic carbocycles. The van der Waals surface area contributed by atoms with Gasteiger partial charge in [-0.05, 0) is 35.4 Å². The molecule has 7 heteroatoms. The molecule has 1 heterocycles. The van der Waals surface area contributed by atoms with E-state index in [-0.39, 0.29) is 0 Å². The molecular formula is C23H19ClF3N3. The molecule has 1 N–H and O–H groups in total. The summed E-state index contributed by atoms with van der Waals surface area (Å²) in [6, 6.07) is 20.9. The summed E-state index contributed by atoms with van der Waals surface area (Å²) in [6.45, 7) is 1.34. The first-order valence-electron chi connectivity index (χ1n) is 9.45. The molecule has 0 radical (unpaired) electrons. The summed E-state index contributed by atoms with van der Waals surface area (Å²) in [5, 5.41) is 3.84. The van der Waals surface area contributed by atoms with Gasteiger partial charge in [-0.2, -0.15) is 13.2 Å². The fourth-order valence-electron chi connectivity index (χ4n) is 3.40. The molecule has 0 bridgehead atoms. The van der Waals surface area contributed by atoms with Gasteiger partial charge in [0.1, 0.15) is 5.82 Å². The van der Waals surface area contributed by atoms with Crippen LogP contribution in [0.4, 0.5) is 13.2 Å². The van der Waals surface area contributed by atoms with Crippen LogP contribution in [0, 0.1) is 0 Å². The van der Waals surface area contributed by atoms with Crippen LogP contribution >= 0.6 is 11.6 Å². The number of hydrogen-bond acceptors (Lipinski definition) is 2. The van der Waals surface area contributed by atoms with Crippen LogP contribution in [0.3, 0.4) is 0 Å². The number of imidazole rings is 1. The summed E-state index contributed by atoms with van der Waals surface area (Å²) in [5.41, 5.74) is 2.79. The fourth-order valence-corrected chi connectivity index (χ4v) is 3.57. The molecule has 0 unspecified atom stereocenters. The van der Waals surface area contributed by atoms with E-state index in [0.29, 0.717) is 30.2 Å². The van der Waals surface area contributed by atoms with Crippen LogP contribution in [0.15, 0.2) is 72.8 Å². The fraction of sp³-hybridized carbons (Fsp3) is 0.174. The third kappa shape index (κ3) is 4.66. The first-order valence-corrected chi connectivity index (χ1v) is 9.83. The Bertz CT molecular complexity index is 1150. The van der Waals surface area contributed by atoms with Crippen LogP contribution < -0.4 is 5.32 Å². The van der Waals surface area contributed by atoms with Crippen molar-refractivity contribution in [1.29, 1.82) is 0 Å². The molecular weight excluding hydrogens is 411 g/mol. The Morgan fingerprint density at radius 1 is 0.867 bits per heavy atom. The van der Waals surface area contributed by atoms with Gasteiger partial charge in [-0.1, -0.05) is 60.1 Å². The Kier molecular flexibility index (Phi) is 5.79. The number of fused-ring (bicyclic) bond motifs is 1. The normalized spacial score (nSPS) is 11.9. The van der Waals surface area contributed by atoms with Gasteiger partial charge in [0.25, 0.3) is 0 Å². The van der Waals surface area contributed by atoms with Crippen molar-refractivity contribution in [2.45, 2.75) is 25.8 Å². The van der Waals surface area contributed by atoms with Crippen molar-refractivity contribution in [3.05, 3.63) is 100 Å². The van der Waals surface area contributed by atoms with Crippen LogP contribution in [0.1, 0.15) is 22.5 Å². The minimum Gasteiger partial charge on any atom is -0.322 e. The maximum Gasteiger partial charge on any atom is 0.416 e. The molecule has 0 amide bonds. The van der Waals surface area contributed by atoms with Crippen molar-refractivity contribution < 1.29 is 13.2 Å². The van der Waals surface area contributed by atoms with E-state index in [9.17, 15) is 13.2 Å². The molecule has 4 aromatic rings. The molecule has 0 atom stereocenters. The summed E-state index contributed by atoms with van der Waals surface area (Å²) in [7, 11) is 0. The minimum atomic E-state index is -4.35. The molecule has 30 heavy (non-hydrogen) atoms. The zero-order valence-corrected chi connectivity index (χ0v) is 16.7. The Balaban J connectivity index is 1.56. The van der Waals surface area contributed by atoms with Gasteiger partial charge in [-0.15, -0.1) is 0 Å². The third-order valence-corrected chi connectivity index (χ3v) is 5.07. The summed E-state index contributed by atoms with van der Waals surface area (Å²) in [5.74, 6) is 0.795. The summed E-state index contributed by atoms with van der Waals surface area (Å²) in [6.07, 6.45) is -4.35. The molecule has 1 aromatic heterocycles. The topological polar surface area (TPSA) is 29.9 Å². The first kappa shape index (κ1) is 20.4. The Morgan fingerprint density at radius 3 is 2.40 bits per heavy atom. The van der Waals surface area contributed by atoms with Crippen LogP contribution in [-0.4, -0.2) is 9.55 Å². The summed E-state index contributed by atoms with van der Waals surface area (Å²) >= 11 is 6.19. The van der Waals surface area contributed by atoms with Gasteiger partial charge >= 0.3 is 6.18 Å². The first-order chi connectivity index (χ1) is 14.4. The number of halogens is 4. The lowest BCUT2D eigenvalue weighted by atomic mass is 10.1. The zero-order chi connectivity index (χ0) is 21.1. The van der Waals surface area contributed by atoms with Gasteiger partial charge in [0.05, 0.1) is 23.1 Å². The molecule has 0 spiro atoms. The Morgan fingerprint density at radius 2 is 1.63 bits per heavy atom. The highest BCUT2D eigenvalue weighted by Crippen LogP contribution is 2.29. The van der Waals surface area contributed by atoms with E-state index in [1.807, 2.05) is 42.5 Å². The van der Waals surface area contributed by atoms with Crippen LogP contribution in [0.5, 0.6) is 0 Å². The van der Waals surface area contributed by atoms with E-state index < -0.39 is 11.7 Å². The minimum absolute atomic E-state index is 0.305. The summed E-state index contributed by atoms with van der Waals surface area (Å²) < 4.78 is 40.8. The van der Waals surface area contributed by atoms with Crippen molar-refractivity contribution >= 4 is 22.6 Å². The SMILES string of the molecule is FC(F)(F)c1cccc(CNCc2nc3ccc(Cl)cc3n2Cc2ccccc2)c1. The van der Waals surface area contributed by atoms with E-state index >= 15 is 0 Å². The second-order valence-corrected chi connectivity index (χ2v) is 7.47. The molecule has 0 aliphatic carbocycles. The van der Waals surface area contributed by atoms with Crippen molar-refractivity contribution in [2.75, 3.05) is 0 Å². The van der Waals surface area contributed by atoms with Crippen molar-refractivity contribution in [3.63, 3.8) is 0 Å². The number of nitrogens with zero attached hydrogens (tertiary/aromatic N) is 2. The number of alkyl halides is 3. The predicted octanol–water partition coefficient (Wildman–Crippen LogP) is 6.05. The van der Waals surface area contributed by atoms with Crippen molar-refractivity contribution in [1.82, 2.24) is 14.9 Å². The van der Waals surface area contributed by atoms with Crippen molar-refractivity contribution in [3.8, 4) is 0 Å². The molecule has 0 aliphatic heterocycles. The number of benzene rings is 3. The third-order valence-electron chi connectivity index (χ3n) is 4.84. The van der Waals surface area contributed by atoms with Crippen LogP contribution in [-0.2, 0) is 25.8 Å². The smallest absolute Gasteiger partial charge is 0.322 e. The highest BCUT2D eigenvalue weighted by atomic mass is 35.5. The van der Waals surface area contributed by atoms with E-state index in [0.717, 1.165) is 28.5 Å². The summed E-state index contributed by atoms with van der Waals surface area (Å²) in [4.78, 5) is 4.70. The van der Waals surface area contributed by atoms with Gasteiger partial charge in [0.15, 0.2) is 0 Å². The van der Waals surface area contributed by atoms with E-state index in [2.05, 4.69) is 9.88 Å². The largest absolute Gasteiger partial charge is 0.416 e. The lowest BCUT2D eigenvalue weighted by Crippen LogP contribution is -2.17. The maximum absolute atomic E-state index is 12.9. The average molecular weight is 430 g/mol. The zero-order valence-electron chi connectivity index (χ0n) is 16.0. The quantitative estimate of drug-likeness (QED) is 0.404. The predicted molar refractivity (Wildman–Crippen MR) is 112 cm³/mol.